The second-order valence-corrected chi connectivity index (χ2v) is 5.07. The van der Waals surface area contributed by atoms with E-state index in [2.05, 4.69) is 27.2 Å². The molecule has 0 bridgehead atoms. The van der Waals surface area contributed by atoms with Gasteiger partial charge >= 0.3 is 0 Å². The summed E-state index contributed by atoms with van der Waals surface area (Å²) in [6.45, 7) is 5.79. The number of nitrogens with zero attached hydrogens (tertiary/aromatic N) is 3. The molecule has 0 amide bonds. The maximum absolute atomic E-state index is 4.46. The van der Waals surface area contributed by atoms with Gasteiger partial charge in [0.05, 0.1) is 24.1 Å². The van der Waals surface area contributed by atoms with Crippen LogP contribution in [-0.2, 0) is 6.54 Å². The van der Waals surface area contributed by atoms with Gasteiger partial charge in [0.1, 0.15) is 0 Å². The van der Waals surface area contributed by atoms with E-state index in [0.29, 0.717) is 12.5 Å². The van der Waals surface area contributed by atoms with Crippen LogP contribution >= 0.6 is 11.8 Å². The van der Waals surface area contributed by atoms with Crippen molar-refractivity contribution in [1.29, 1.82) is 0 Å². The molecule has 0 aromatic carbocycles. The van der Waals surface area contributed by atoms with Gasteiger partial charge in [0.15, 0.2) is 5.17 Å². The molecule has 1 aromatic heterocycles. The molecule has 1 atom stereocenters. The van der Waals surface area contributed by atoms with Crippen LogP contribution in [0.5, 0.6) is 0 Å². The summed E-state index contributed by atoms with van der Waals surface area (Å²) in [5, 5.41) is 4.32. The zero-order chi connectivity index (χ0) is 11.4. The van der Waals surface area contributed by atoms with Crippen LogP contribution in [0, 0.1) is 12.8 Å². The van der Waals surface area contributed by atoms with E-state index in [4.69, 9.17) is 0 Å². The highest BCUT2D eigenvalue weighted by molar-refractivity contribution is 8.13. The molecule has 0 spiro atoms. The highest BCUT2D eigenvalue weighted by atomic mass is 32.2. The van der Waals surface area contributed by atoms with Crippen molar-refractivity contribution in [3.8, 4) is 0 Å². The highest BCUT2D eigenvalue weighted by Crippen LogP contribution is 2.15. The lowest BCUT2D eigenvalue weighted by Gasteiger charge is -2.17. The van der Waals surface area contributed by atoms with Gasteiger partial charge in [0, 0.05) is 18.5 Å². The van der Waals surface area contributed by atoms with Crippen LogP contribution in [0.25, 0.3) is 0 Å². The maximum atomic E-state index is 4.46. The molecule has 1 aromatic rings. The van der Waals surface area contributed by atoms with Crippen LogP contribution in [0.2, 0.25) is 0 Å². The normalized spacial score (nSPS) is 20.4. The first-order valence-corrected chi connectivity index (χ1v) is 6.41. The Morgan fingerprint density at radius 3 is 2.94 bits per heavy atom. The molecule has 2 heterocycles. The standard InChI is InChI=1S/C11H16N4S/c1-8-3-14-11(16-7-8)15-6-10-5-12-9(2)4-13-10/h4-5,8H,3,6-7H2,1-2H3,(H,14,15). The first-order valence-electron chi connectivity index (χ1n) is 5.42. The third-order valence-corrected chi connectivity index (χ3v) is 3.59. The van der Waals surface area contributed by atoms with Gasteiger partial charge in [0.2, 0.25) is 0 Å². The van der Waals surface area contributed by atoms with Crippen molar-refractivity contribution >= 4 is 16.9 Å². The summed E-state index contributed by atoms with van der Waals surface area (Å²) in [6.07, 6.45) is 3.59. The summed E-state index contributed by atoms with van der Waals surface area (Å²) in [7, 11) is 0. The molecule has 1 N–H and O–H groups in total. The summed E-state index contributed by atoms with van der Waals surface area (Å²) in [5.74, 6) is 1.83. The van der Waals surface area contributed by atoms with Crippen molar-refractivity contribution < 1.29 is 0 Å². The molecular weight excluding hydrogens is 220 g/mol. The number of hydrogen-bond donors (Lipinski definition) is 1. The molecule has 0 fully saturated rings. The summed E-state index contributed by atoms with van der Waals surface area (Å²) in [4.78, 5) is 13.0. The van der Waals surface area contributed by atoms with E-state index in [9.17, 15) is 0 Å². The van der Waals surface area contributed by atoms with E-state index < -0.39 is 0 Å². The Morgan fingerprint density at radius 1 is 1.44 bits per heavy atom. The Morgan fingerprint density at radius 2 is 2.31 bits per heavy atom. The number of aliphatic imine (C=N–C) groups is 1. The maximum Gasteiger partial charge on any atom is 0.156 e. The minimum absolute atomic E-state index is 0.690. The van der Waals surface area contributed by atoms with Crippen molar-refractivity contribution in [2.45, 2.75) is 20.4 Å². The topological polar surface area (TPSA) is 50.2 Å². The number of rotatable bonds is 2. The molecule has 1 aliphatic rings. The average Bonchev–Trinajstić information content (AvgIpc) is 2.30. The first kappa shape index (κ1) is 11.4. The van der Waals surface area contributed by atoms with Crippen LogP contribution in [0.1, 0.15) is 18.3 Å². The van der Waals surface area contributed by atoms with Gasteiger partial charge in [-0.15, -0.1) is 0 Å². The fourth-order valence-electron chi connectivity index (χ4n) is 1.34. The zero-order valence-corrected chi connectivity index (χ0v) is 10.4. The van der Waals surface area contributed by atoms with Gasteiger partial charge < -0.3 is 5.32 Å². The van der Waals surface area contributed by atoms with Crippen molar-refractivity contribution in [3.05, 3.63) is 23.8 Å². The molecule has 16 heavy (non-hydrogen) atoms. The molecular formula is C11H16N4S. The van der Waals surface area contributed by atoms with Crippen LogP contribution in [0.4, 0.5) is 0 Å². The first-order chi connectivity index (χ1) is 7.74. The number of thioether (sulfide) groups is 1. The summed E-state index contributed by atoms with van der Waals surface area (Å²) >= 11 is 1.78. The third-order valence-electron chi connectivity index (χ3n) is 2.31. The molecule has 5 heteroatoms. The predicted molar refractivity (Wildman–Crippen MR) is 67.5 cm³/mol. The predicted octanol–water partition coefficient (Wildman–Crippen LogP) is 1.61. The van der Waals surface area contributed by atoms with E-state index >= 15 is 0 Å². The molecule has 0 saturated heterocycles. The van der Waals surface area contributed by atoms with Gasteiger partial charge in [-0.3, -0.25) is 15.0 Å². The smallest absolute Gasteiger partial charge is 0.156 e. The van der Waals surface area contributed by atoms with Crippen LogP contribution < -0.4 is 5.32 Å². The number of aromatic nitrogens is 2. The Bertz CT molecular complexity index is 374. The lowest BCUT2D eigenvalue weighted by Crippen LogP contribution is -2.26. The summed E-state index contributed by atoms with van der Waals surface area (Å²) in [5.41, 5.74) is 1.90. The van der Waals surface area contributed by atoms with Gasteiger partial charge in [-0.2, -0.15) is 0 Å². The second kappa shape index (κ2) is 5.30. The second-order valence-electron chi connectivity index (χ2n) is 4.06. The van der Waals surface area contributed by atoms with Gasteiger partial charge in [-0.25, -0.2) is 0 Å². The summed E-state index contributed by atoms with van der Waals surface area (Å²) < 4.78 is 0. The van der Waals surface area contributed by atoms with Crippen molar-refractivity contribution in [2.24, 2.45) is 10.9 Å². The zero-order valence-electron chi connectivity index (χ0n) is 9.60. The minimum atomic E-state index is 0.690. The monoisotopic (exact) mass is 236 g/mol. The van der Waals surface area contributed by atoms with Crippen LogP contribution in [0.15, 0.2) is 17.4 Å². The van der Waals surface area contributed by atoms with Crippen LogP contribution in [-0.4, -0.2) is 27.4 Å². The largest absolute Gasteiger partial charge is 0.359 e. The van der Waals surface area contributed by atoms with Crippen molar-refractivity contribution in [2.75, 3.05) is 12.3 Å². The third kappa shape index (κ3) is 3.20. The van der Waals surface area contributed by atoms with Gasteiger partial charge in [-0.1, -0.05) is 18.7 Å². The number of aryl methyl sites for hydroxylation is 1. The van der Waals surface area contributed by atoms with Gasteiger partial charge in [0.25, 0.3) is 0 Å². The fourth-order valence-corrected chi connectivity index (χ4v) is 2.23. The Kier molecular flexibility index (Phi) is 3.77. The Labute approximate surface area is 100.0 Å². The molecule has 0 radical (unpaired) electrons. The fraction of sp³-hybridized carbons (Fsp3) is 0.545. The Balaban J connectivity index is 1.85. The number of hydrogen-bond acceptors (Lipinski definition) is 5. The Hall–Kier alpha value is -1.10. The molecule has 2 rings (SSSR count). The van der Waals surface area contributed by atoms with Crippen LogP contribution in [0.3, 0.4) is 0 Å². The highest BCUT2D eigenvalue weighted by Gasteiger charge is 2.11. The molecule has 0 saturated carbocycles. The van der Waals surface area contributed by atoms with E-state index in [1.165, 1.54) is 0 Å². The number of nitrogens with one attached hydrogen (secondary N) is 1. The van der Waals surface area contributed by atoms with E-state index in [0.717, 1.165) is 28.9 Å². The van der Waals surface area contributed by atoms with Crippen molar-refractivity contribution in [3.63, 3.8) is 0 Å². The average molecular weight is 236 g/mol. The van der Waals surface area contributed by atoms with E-state index in [-0.39, 0.29) is 0 Å². The van der Waals surface area contributed by atoms with Crippen molar-refractivity contribution in [1.82, 2.24) is 15.3 Å². The lowest BCUT2D eigenvalue weighted by atomic mass is 10.2. The number of amidine groups is 1. The minimum Gasteiger partial charge on any atom is -0.359 e. The summed E-state index contributed by atoms with van der Waals surface area (Å²) in [6, 6.07) is 0. The van der Waals surface area contributed by atoms with E-state index in [1.807, 2.05) is 6.92 Å². The SMILES string of the molecule is Cc1cnc(CNC2=NCC(C)CS2)cn1. The molecule has 1 aliphatic heterocycles. The van der Waals surface area contributed by atoms with E-state index in [1.54, 1.807) is 24.2 Å². The molecule has 1 unspecified atom stereocenters. The molecule has 4 nitrogen and oxygen atoms in total. The quantitative estimate of drug-likeness (QED) is 0.847. The van der Waals surface area contributed by atoms with Gasteiger partial charge in [-0.05, 0) is 12.8 Å². The molecule has 0 aliphatic carbocycles. The lowest BCUT2D eigenvalue weighted by molar-refractivity contribution is 0.668. The molecule has 86 valence electrons.